The van der Waals surface area contributed by atoms with Crippen LogP contribution in [0.1, 0.15) is 15.9 Å². The van der Waals surface area contributed by atoms with Gasteiger partial charge in [-0.1, -0.05) is 29.3 Å². The number of carbonyl (C=O) groups is 1. The van der Waals surface area contributed by atoms with Gasteiger partial charge in [-0.05, 0) is 59.7 Å². The van der Waals surface area contributed by atoms with Crippen LogP contribution in [0.15, 0.2) is 73.2 Å². The minimum atomic E-state index is -0.281. The Hall–Kier alpha value is -3.32. The molecule has 1 N–H and O–H groups in total. The molecular weight excluding hydrogens is 509 g/mol. The molecule has 0 spiro atoms. The van der Waals surface area contributed by atoms with Crippen molar-refractivity contribution in [2.45, 2.75) is 6.54 Å². The molecule has 0 aliphatic rings. The normalized spacial score (nSPS) is 10.3. The third kappa shape index (κ3) is 6.22. The van der Waals surface area contributed by atoms with Crippen molar-refractivity contribution in [1.82, 2.24) is 15.3 Å². The van der Waals surface area contributed by atoms with E-state index in [0.29, 0.717) is 44.9 Å². The van der Waals surface area contributed by atoms with Crippen LogP contribution in [0, 0.1) is 0 Å². The molecule has 0 saturated heterocycles. The quantitative estimate of drug-likeness (QED) is 0.296. The van der Waals surface area contributed by atoms with Crippen molar-refractivity contribution < 1.29 is 14.3 Å². The van der Waals surface area contributed by atoms with E-state index in [9.17, 15) is 4.79 Å². The number of carbonyl (C=O) groups excluding carboxylic acids is 1. The van der Waals surface area contributed by atoms with Crippen LogP contribution in [0.25, 0.3) is 22.4 Å². The number of amides is 1. The van der Waals surface area contributed by atoms with E-state index in [-0.39, 0.29) is 18.3 Å². The SMILES string of the molecule is COc1ccc(CNC(=O)c2cc(-c3cc(Cl)cc(Cl)c3)cnc2-c2cccnc2)cc1OC.Cl. The van der Waals surface area contributed by atoms with Crippen molar-refractivity contribution in [3.8, 4) is 33.9 Å². The number of nitrogens with zero attached hydrogens (tertiary/aromatic N) is 2. The predicted octanol–water partition coefficient (Wildman–Crippen LogP) is 6.49. The summed E-state index contributed by atoms with van der Waals surface area (Å²) in [6, 6.07) is 16.1. The largest absolute Gasteiger partial charge is 0.493 e. The number of methoxy groups -OCH3 is 2. The summed E-state index contributed by atoms with van der Waals surface area (Å²) in [5, 5.41) is 3.96. The van der Waals surface area contributed by atoms with Crippen LogP contribution in [-0.4, -0.2) is 30.1 Å². The first-order valence-corrected chi connectivity index (χ1v) is 11.1. The first kappa shape index (κ1) is 26.3. The molecule has 180 valence electrons. The predicted molar refractivity (Wildman–Crippen MR) is 141 cm³/mol. The molecule has 0 unspecified atom stereocenters. The molecule has 2 aromatic carbocycles. The van der Waals surface area contributed by atoms with Crippen LogP contribution in [-0.2, 0) is 6.54 Å². The van der Waals surface area contributed by atoms with Gasteiger partial charge in [0.05, 0.1) is 25.5 Å². The summed E-state index contributed by atoms with van der Waals surface area (Å²) in [6.07, 6.45) is 5.03. The molecule has 2 aromatic heterocycles. The maximum absolute atomic E-state index is 13.3. The van der Waals surface area contributed by atoms with Gasteiger partial charge in [-0.3, -0.25) is 14.8 Å². The van der Waals surface area contributed by atoms with E-state index in [1.165, 1.54) is 0 Å². The fraction of sp³-hybridized carbons (Fsp3) is 0.115. The zero-order chi connectivity index (χ0) is 24.1. The van der Waals surface area contributed by atoms with Crippen molar-refractivity contribution in [1.29, 1.82) is 0 Å². The van der Waals surface area contributed by atoms with E-state index < -0.39 is 0 Å². The van der Waals surface area contributed by atoms with Crippen molar-refractivity contribution >= 4 is 41.5 Å². The molecule has 35 heavy (non-hydrogen) atoms. The van der Waals surface area contributed by atoms with Gasteiger partial charge in [0.15, 0.2) is 11.5 Å². The van der Waals surface area contributed by atoms with Gasteiger partial charge in [0, 0.05) is 46.3 Å². The Kier molecular flexibility index (Phi) is 8.93. The second-order valence-electron chi connectivity index (χ2n) is 7.39. The smallest absolute Gasteiger partial charge is 0.253 e. The number of benzene rings is 2. The molecule has 2 heterocycles. The summed E-state index contributed by atoms with van der Waals surface area (Å²) in [7, 11) is 3.14. The Labute approximate surface area is 219 Å². The molecule has 9 heteroatoms. The van der Waals surface area contributed by atoms with Gasteiger partial charge in [-0.25, -0.2) is 0 Å². The molecule has 0 radical (unpaired) electrons. The number of nitrogens with one attached hydrogen (secondary N) is 1. The molecule has 0 saturated carbocycles. The molecular formula is C26H22Cl3N3O3. The lowest BCUT2D eigenvalue weighted by atomic mass is 10.0. The minimum Gasteiger partial charge on any atom is -0.493 e. The number of rotatable bonds is 7. The van der Waals surface area contributed by atoms with Crippen LogP contribution >= 0.6 is 35.6 Å². The lowest BCUT2D eigenvalue weighted by Gasteiger charge is -2.13. The first-order chi connectivity index (χ1) is 16.5. The Morgan fingerprint density at radius 1 is 0.886 bits per heavy atom. The average molecular weight is 531 g/mol. The molecule has 4 aromatic rings. The zero-order valence-corrected chi connectivity index (χ0v) is 21.2. The molecule has 4 rings (SSSR count). The summed E-state index contributed by atoms with van der Waals surface area (Å²) < 4.78 is 10.6. The average Bonchev–Trinajstić information content (AvgIpc) is 2.86. The molecule has 0 atom stereocenters. The molecule has 0 bridgehead atoms. The maximum Gasteiger partial charge on any atom is 0.253 e. The number of hydrogen-bond donors (Lipinski definition) is 1. The minimum absolute atomic E-state index is 0. The lowest BCUT2D eigenvalue weighted by molar-refractivity contribution is 0.0951. The van der Waals surface area contributed by atoms with Crippen LogP contribution in [0.3, 0.4) is 0 Å². The van der Waals surface area contributed by atoms with Crippen molar-refractivity contribution in [2.24, 2.45) is 0 Å². The van der Waals surface area contributed by atoms with E-state index in [1.807, 2.05) is 18.2 Å². The number of ether oxygens (including phenoxy) is 2. The number of pyridine rings is 2. The van der Waals surface area contributed by atoms with Crippen molar-refractivity contribution in [3.63, 3.8) is 0 Å². The highest BCUT2D eigenvalue weighted by atomic mass is 35.5. The van der Waals surface area contributed by atoms with Crippen LogP contribution in [0.2, 0.25) is 10.0 Å². The van der Waals surface area contributed by atoms with Gasteiger partial charge < -0.3 is 14.8 Å². The summed E-state index contributed by atoms with van der Waals surface area (Å²) in [6.45, 7) is 0.291. The van der Waals surface area contributed by atoms with Crippen molar-refractivity contribution in [3.05, 3.63) is 94.4 Å². The molecule has 0 aliphatic heterocycles. The van der Waals surface area contributed by atoms with Crippen LogP contribution in [0.4, 0.5) is 0 Å². The van der Waals surface area contributed by atoms with Crippen LogP contribution < -0.4 is 14.8 Å². The fourth-order valence-electron chi connectivity index (χ4n) is 3.52. The molecule has 6 nitrogen and oxygen atoms in total. The summed E-state index contributed by atoms with van der Waals surface area (Å²) in [4.78, 5) is 22.1. The lowest BCUT2D eigenvalue weighted by Crippen LogP contribution is -2.24. The highest BCUT2D eigenvalue weighted by Crippen LogP contribution is 2.31. The number of hydrogen-bond acceptors (Lipinski definition) is 5. The maximum atomic E-state index is 13.3. The van der Waals surface area contributed by atoms with Crippen LogP contribution in [0.5, 0.6) is 11.5 Å². The van der Waals surface area contributed by atoms with Crippen molar-refractivity contribution in [2.75, 3.05) is 14.2 Å². The standard InChI is InChI=1S/C26H21Cl2N3O3.ClH/c1-33-23-6-5-16(8-24(23)34-2)13-31-26(32)22-11-19(18-9-20(27)12-21(28)10-18)15-30-25(22)17-4-3-7-29-14-17;/h3-12,14-15H,13H2,1-2H3,(H,31,32);1H. The van der Waals surface area contributed by atoms with Gasteiger partial charge >= 0.3 is 0 Å². The van der Waals surface area contributed by atoms with Gasteiger partial charge in [-0.15, -0.1) is 12.4 Å². The first-order valence-electron chi connectivity index (χ1n) is 10.3. The van der Waals surface area contributed by atoms with Gasteiger partial charge in [-0.2, -0.15) is 0 Å². The highest BCUT2D eigenvalue weighted by Gasteiger charge is 2.17. The van der Waals surface area contributed by atoms with E-state index >= 15 is 0 Å². The second-order valence-corrected chi connectivity index (χ2v) is 8.26. The zero-order valence-electron chi connectivity index (χ0n) is 18.9. The Morgan fingerprint density at radius 2 is 1.63 bits per heavy atom. The third-order valence-corrected chi connectivity index (χ3v) is 5.60. The monoisotopic (exact) mass is 529 g/mol. The second kappa shape index (κ2) is 11.9. The summed E-state index contributed by atoms with van der Waals surface area (Å²) in [5.41, 5.74) is 4.00. The van der Waals surface area contributed by atoms with E-state index in [2.05, 4.69) is 15.3 Å². The molecule has 0 aliphatic carbocycles. The number of aromatic nitrogens is 2. The van der Waals surface area contributed by atoms with Gasteiger partial charge in [0.2, 0.25) is 0 Å². The summed E-state index contributed by atoms with van der Waals surface area (Å²) in [5.74, 6) is 0.927. The van der Waals surface area contributed by atoms with E-state index in [0.717, 1.165) is 16.7 Å². The van der Waals surface area contributed by atoms with E-state index in [1.54, 1.807) is 69.2 Å². The Balaban J connectivity index is 0.00000342. The Bertz CT molecular complexity index is 1310. The Morgan fingerprint density at radius 3 is 2.29 bits per heavy atom. The third-order valence-electron chi connectivity index (χ3n) is 5.16. The molecule has 0 fully saturated rings. The van der Waals surface area contributed by atoms with Gasteiger partial charge in [0.25, 0.3) is 5.91 Å². The van der Waals surface area contributed by atoms with E-state index in [4.69, 9.17) is 32.7 Å². The highest BCUT2D eigenvalue weighted by molar-refractivity contribution is 6.35. The number of halogens is 3. The fourth-order valence-corrected chi connectivity index (χ4v) is 4.04. The molecule has 1 amide bonds. The van der Waals surface area contributed by atoms with Gasteiger partial charge in [0.1, 0.15) is 0 Å². The summed E-state index contributed by atoms with van der Waals surface area (Å²) >= 11 is 12.4. The topological polar surface area (TPSA) is 73.3 Å².